The molecule has 22 nitrogen and oxygen atoms in total. The van der Waals surface area contributed by atoms with Gasteiger partial charge in [-0.2, -0.15) is 0 Å². The first kappa shape index (κ1) is 73.1. The molecule has 4 fully saturated rings. The van der Waals surface area contributed by atoms with Gasteiger partial charge in [-0.3, -0.25) is 48.1 Å². The minimum absolute atomic E-state index is 0.0728. The van der Waals surface area contributed by atoms with E-state index < -0.39 is 58.9 Å². The number of nitrogens with zero attached hydrogens (tertiary/aromatic N) is 2. The van der Waals surface area contributed by atoms with Crippen LogP contribution in [0.1, 0.15) is 151 Å². The number of carbonyl (C=O) groups is 7. The van der Waals surface area contributed by atoms with Crippen molar-refractivity contribution in [2.45, 2.75) is 190 Å². The van der Waals surface area contributed by atoms with E-state index in [1.54, 1.807) is 50.2 Å². The molecule has 11 N–H and O–H groups in total. The second kappa shape index (κ2) is 37.0. The third kappa shape index (κ3) is 20.0. The van der Waals surface area contributed by atoms with E-state index in [0.717, 1.165) is 44.3 Å². The SMILES string of the molecule is CN[C@@H](C)C(=O)N[C@@H]1C(=O)N2[C@@H](CC[C@@H]1CCNCc1ccccc1)CC[C@H]2C(=O)N[C@H](C(=O)NCCCCNc1c(NCCCCCC(=O)[C@@H](NC(=O)[C@@H]2CC[C@@H]3CC[C@H](CCNCc4ccccc4)[C@H](NC(=O)[C@H](C)NC)CN32)c2ccccc2)c(=O)c1=O)c1ccccc1. The molecule has 4 aliphatic rings. The highest BCUT2D eigenvalue weighted by molar-refractivity contribution is 5.96. The Kier molecular flexibility index (Phi) is 27.9. The molecule has 0 aliphatic carbocycles. The molecule has 522 valence electrons. The first-order chi connectivity index (χ1) is 47.1. The predicted octanol–water partition coefficient (Wildman–Crippen LogP) is 5.41. The highest BCUT2D eigenvalue weighted by Crippen LogP contribution is 2.37. The number of Topliss-reactive ketones (excluding diaryl/α,β-unsaturated/α-hetero) is 1. The number of hydrogen-bond donors (Lipinski definition) is 11. The highest BCUT2D eigenvalue weighted by atomic mass is 16.2. The quantitative estimate of drug-likeness (QED) is 0.0175. The molecule has 0 radical (unpaired) electrons. The summed E-state index contributed by atoms with van der Waals surface area (Å²) in [6.45, 7) is 8.00. The summed E-state index contributed by atoms with van der Waals surface area (Å²) in [6, 6.07) is 33.5. The second-order valence-electron chi connectivity index (χ2n) is 26.9. The Labute approximate surface area is 571 Å². The van der Waals surface area contributed by atoms with Crippen molar-refractivity contribution in [3.05, 3.63) is 164 Å². The summed E-state index contributed by atoms with van der Waals surface area (Å²) in [6.07, 6.45) is 10.4. The average molecular weight is 1330 g/mol. The van der Waals surface area contributed by atoms with Crippen LogP contribution >= 0.6 is 0 Å². The largest absolute Gasteiger partial charge is 0.380 e. The van der Waals surface area contributed by atoms with Crippen LogP contribution in [0.25, 0.3) is 0 Å². The first-order valence-electron chi connectivity index (χ1n) is 35.5. The summed E-state index contributed by atoms with van der Waals surface area (Å²) in [5, 5.41) is 34.9. The van der Waals surface area contributed by atoms with Crippen LogP contribution in [0.4, 0.5) is 11.4 Å². The number of nitrogens with one attached hydrogen (secondary N) is 11. The summed E-state index contributed by atoms with van der Waals surface area (Å²) in [4.78, 5) is 128. The van der Waals surface area contributed by atoms with Crippen LogP contribution in [0.5, 0.6) is 0 Å². The third-order valence-electron chi connectivity index (χ3n) is 20.4. The number of rotatable bonds is 37. The Hall–Kier alpha value is -8.15. The Morgan fingerprint density at radius 2 is 0.959 bits per heavy atom. The molecule has 0 saturated carbocycles. The lowest BCUT2D eigenvalue weighted by atomic mass is 9.90. The van der Waals surface area contributed by atoms with Crippen LogP contribution < -0.4 is 69.3 Å². The van der Waals surface area contributed by atoms with Crippen molar-refractivity contribution in [2.75, 3.05) is 64.0 Å². The Morgan fingerprint density at radius 3 is 1.56 bits per heavy atom. The number of fused-ring (bicyclic) bond motifs is 2. The standard InChI is InChI=1S/C75H103N13O9/c1-49(76-3)70(92)83-59-48-87-57(33-31-53(59)39-44-78-46-51-22-10-5-11-23-51)35-37-60(87)72(94)84-63(54-26-14-7-15-27-54)62(89)30-18-9-19-41-80-66-67(69(91)68(66)90)81-42-20-21-43-82-74(96)64(55-28-16-8-17-29-55)85-73(95)61-38-36-58-34-32-56(40-45-79-47-52-24-12-6-13-25-52)65(75(97)88(58)61)86-71(93)50(2)77-4/h5-8,10-17,22-29,49-50,53,56-61,63-65,76-81H,9,18-21,30-48H2,1-4H3,(H,82,96)(H,83,92)(H,84,94)(H,85,95)(H,86,93)/t49-,50-,53+,56+,57-,58-,59+,60-,61-,63-,64-,65-/m0/s1. The summed E-state index contributed by atoms with van der Waals surface area (Å²) in [5.74, 6) is -1.76. The van der Waals surface area contributed by atoms with Crippen LogP contribution in [0.2, 0.25) is 0 Å². The zero-order chi connectivity index (χ0) is 68.6. The maximum Gasteiger partial charge on any atom is 0.253 e. The van der Waals surface area contributed by atoms with E-state index in [4.69, 9.17) is 0 Å². The van der Waals surface area contributed by atoms with Crippen LogP contribution in [0, 0.1) is 11.8 Å². The zero-order valence-electron chi connectivity index (χ0n) is 57.0. The van der Waals surface area contributed by atoms with Crippen molar-refractivity contribution in [3.8, 4) is 0 Å². The van der Waals surface area contributed by atoms with Gasteiger partial charge in [0.2, 0.25) is 35.4 Å². The second-order valence-corrected chi connectivity index (χ2v) is 26.9. The number of unbranched alkanes of at least 4 members (excludes halogenated alkanes) is 3. The molecule has 97 heavy (non-hydrogen) atoms. The van der Waals surface area contributed by atoms with Gasteiger partial charge in [-0.1, -0.05) is 128 Å². The zero-order valence-corrected chi connectivity index (χ0v) is 57.0. The molecular weight excluding hydrogens is 1230 g/mol. The van der Waals surface area contributed by atoms with Gasteiger partial charge in [-0.25, -0.2) is 0 Å². The van der Waals surface area contributed by atoms with E-state index in [1.165, 1.54) is 5.56 Å². The van der Waals surface area contributed by atoms with Crippen LogP contribution in [0.15, 0.2) is 131 Å². The number of ketones is 1. The van der Waals surface area contributed by atoms with Gasteiger partial charge in [0.1, 0.15) is 35.5 Å². The number of carbonyl (C=O) groups excluding carboxylic acids is 7. The molecule has 5 aromatic rings. The average Bonchev–Trinajstić information content (AvgIpc) is 1.76. The van der Waals surface area contributed by atoms with Crippen molar-refractivity contribution in [1.29, 1.82) is 0 Å². The van der Waals surface area contributed by atoms with Gasteiger partial charge in [0.05, 0.1) is 18.1 Å². The van der Waals surface area contributed by atoms with Gasteiger partial charge in [0, 0.05) is 63.8 Å². The first-order valence-corrected chi connectivity index (χ1v) is 35.5. The van der Waals surface area contributed by atoms with Gasteiger partial charge in [0.15, 0.2) is 5.78 Å². The molecule has 5 aromatic carbocycles. The summed E-state index contributed by atoms with van der Waals surface area (Å²) in [5.41, 5.74) is 2.87. The predicted molar refractivity (Wildman–Crippen MR) is 378 cm³/mol. The molecule has 12 atom stereocenters. The lowest BCUT2D eigenvalue weighted by molar-refractivity contribution is -0.144. The number of anilines is 2. The number of likely N-dealkylation sites (N-methyl/N-ethyl adjacent to an activating group) is 2. The molecule has 4 saturated heterocycles. The Bertz CT molecular complexity index is 3430. The van der Waals surface area contributed by atoms with Crippen LogP contribution in [-0.2, 0) is 46.7 Å². The lowest BCUT2D eigenvalue weighted by Gasteiger charge is -2.33. The maximum absolute atomic E-state index is 14.7. The summed E-state index contributed by atoms with van der Waals surface area (Å²) >= 11 is 0. The van der Waals surface area contributed by atoms with Crippen LogP contribution in [0.3, 0.4) is 0 Å². The van der Waals surface area contributed by atoms with Crippen molar-refractivity contribution < 1.29 is 33.6 Å². The third-order valence-corrected chi connectivity index (χ3v) is 20.4. The summed E-state index contributed by atoms with van der Waals surface area (Å²) < 4.78 is 0. The monoisotopic (exact) mass is 1330 g/mol. The number of hydrogen-bond acceptors (Lipinski definition) is 16. The topological polar surface area (TPSA) is 292 Å². The van der Waals surface area contributed by atoms with Crippen molar-refractivity contribution in [3.63, 3.8) is 0 Å². The van der Waals surface area contributed by atoms with Crippen LogP contribution in [-0.4, -0.2) is 153 Å². The van der Waals surface area contributed by atoms with Gasteiger partial charge >= 0.3 is 0 Å². The van der Waals surface area contributed by atoms with Gasteiger partial charge in [-0.15, -0.1) is 0 Å². The lowest BCUT2D eigenvalue weighted by Crippen LogP contribution is -2.58. The van der Waals surface area contributed by atoms with Gasteiger partial charge in [0.25, 0.3) is 10.9 Å². The normalized spacial score (nSPS) is 22.1. The van der Waals surface area contributed by atoms with E-state index in [0.29, 0.717) is 114 Å². The smallest absolute Gasteiger partial charge is 0.253 e. The fourth-order valence-electron chi connectivity index (χ4n) is 14.4. The molecule has 9 rings (SSSR count). The Balaban J connectivity index is 0.713. The molecule has 0 unspecified atom stereocenters. The molecule has 4 aliphatic heterocycles. The maximum atomic E-state index is 14.7. The van der Waals surface area contributed by atoms with Gasteiger partial charge < -0.3 is 63.4 Å². The Morgan fingerprint density at radius 1 is 0.485 bits per heavy atom. The number of benzene rings is 4. The molecular formula is C75H103N13O9. The fourth-order valence-corrected chi connectivity index (χ4v) is 14.4. The van der Waals surface area contributed by atoms with Crippen molar-refractivity contribution in [1.82, 2.24) is 57.7 Å². The molecule has 6 amide bonds. The van der Waals surface area contributed by atoms with E-state index in [9.17, 15) is 43.2 Å². The van der Waals surface area contributed by atoms with Crippen molar-refractivity contribution in [2.24, 2.45) is 11.8 Å². The molecule has 0 spiro atoms. The van der Waals surface area contributed by atoms with Gasteiger partial charge in [-0.05, 0) is 165 Å². The highest BCUT2D eigenvalue weighted by Gasteiger charge is 2.49. The minimum atomic E-state index is -1.06. The minimum Gasteiger partial charge on any atom is -0.380 e. The number of amides is 6. The van der Waals surface area contributed by atoms with E-state index in [2.05, 4.69) is 87.7 Å². The summed E-state index contributed by atoms with van der Waals surface area (Å²) in [7, 11) is 3.46. The van der Waals surface area contributed by atoms with Crippen molar-refractivity contribution >= 4 is 52.6 Å². The van der Waals surface area contributed by atoms with E-state index >= 15 is 0 Å². The van der Waals surface area contributed by atoms with E-state index in [1.807, 2.05) is 79.7 Å². The molecule has 0 bridgehead atoms. The molecule has 4 heterocycles. The van der Waals surface area contributed by atoms with E-state index in [-0.39, 0.29) is 89.8 Å². The fraction of sp³-hybridized carbons (Fsp3) is 0.533. The molecule has 22 heteroatoms. The molecule has 0 aromatic heterocycles.